The summed E-state index contributed by atoms with van der Waals surface area (Å²) in [6.45, 7) is 0. The first-order valence-electron chi connectivity index (χ1n) is 9.75. The molecule has 18 heteroatoms. The lowest BCUT2D eigenvalue weighted by Gasteiger charge is -2.26. The topological polar surface area (TPSA) is 190 Å². The quantitative estimate of drug-likeness (QED) is 0.204. The number of hydrogen-bond acceptors (Lipinski definition) is 6. The van der Waals surface area contributed by atoms with Crippen molar-refractivity contribution in [3.63, 3.8) is 0 Å². The third kappa shape index (κ3) is 6.83. The standard InChI is InChI=1S/C21H12I6N2O10/c1-28(16-12(24)6(18(32)33)10(22)7(13(16)25)19(34)35)4(30)3-5(31)29(2)17-14(26)8(20(36)37)11(23)9(15(17)27)21(38)39/h3H2,1-2H3,(H,32,33)(H,34,35)(H,36,37)(H,38,39). The van der Waals surface area contributed by atoms with E-state index in [-0.39, 0.29) is 55.0 Å². The zero-order valence-electron chi connectivity index (χ0n) is 19.1. The molecule has 0 aromatic heterocycles. The number of benzene rings is 2. The summed E-state index contributed by atoms with van der Waals surface area (Å²) in [6.07, 6.45) is -0.779. The number of carboxylic acids is 4. The van der Waals surface area contributed by atoms with Crippen LogP contribution in [-0.4, -0.2) is 70.2 Å². The van der Waals surface area contributed by atoms with Gasteiger partial charge in [0.05, 0.1) is 47.9 Å². The molecule has 12 nitrogen and oxygen atoms in total. The van der Waals surface area contributed by atoms with E-state index in [1.165, 1.54) is 14.1 Å². The van der Waals surface area contributed by atoms with Gasteiger partial charge >= 0.3 is 23.9 Å². The summed E-state index contributed by atoms with van der Waals surface area (Å²) < 4.78 is 0.328. The third-order valence-electron chi connectivity index (χ3n) is 5.16. The van der Waals surface area contributed by atoms with Crippen molar-refractivity contribution in [2.75, 3.05) is 23.9 Å². The number of amides is 2. The molecule has 0 saturated carbocycles. The maximum absolute atomic E-state index is 13.2. The molecule has 0 saturated heterocycles. The Labute approximate surface area is 301 Å². The number of rotatable bonds is 8. The SMILES string of the molecule is CN(C(=O)CC(=O)N(C)c1c(I)c(C(=O)O)c(I)c(C(=O)O)c1I)c1c(I)c(C(=O)O)c(I)c(C(=O)O)c1I. The largest absolute Gasteiger partial charge is 0.478 e. The Morgan fingerprint density at radius 3 is 0.872 bits per heavy atom. The Kier molecular flexibility index (Phi) is 12.3. The minimum Gasteiger partial charge on any atom is -0.478 e. The molecule has 0 bridgehead atoms. The van der Waals surface area contributed by atoms with Gasteiger partial charge in [0, 0.05) is 21.2 Å². The molecule has 208 valence electrons. The van der Waals surface area contributed by atoms with Crippen molar-refractivity contribution in [2.24, 2.45) is 0 Å². The molecule has 4 N–H and O–H groups in total. The molecule has 0 aliphatic rings. The van der Waals surface area contributed by atoms with Crippen LogP contribution in [0.25, 0.3) is 0 Å². The number of aromatic carboxylic acids is 4. The molecule has 0 aliphatic carbocycles. The van der Waals surface area contributed by atoms with Crippen molar-refractivity contribution in [2.45, 2.75) is 6.42 Å². The van der Waals surface area contributed by atoms with Crippen LogP contribution in [0.1, 0.15) is 47.9 Å². The van der Waals surface area contributed by atoms with Crippen LogP contribution in [0.15, 0.2) is 0 Å². The molecular formula is C21H12I6N2O10. The Morgan fingerprint density at radius 2 is 0.692 bits per heavy atom. The molecule has 0 radical (unpaired) electrons. The highest BCUT2D eigenvalue weighted by molar-refractivity contribution is 14.1. The number of carbonyl (C=O) groups is 6. The summed E-state index contributed by atoms with van der Waals surface area (Å²) in [7, 11) is 2.53. The summed E-state index contributed by atoms with van der Waals surface area (Å²) in [4.78, 5) is 75.9. The number of carbonyl (C=O) groups excluding carboxylic acids is 2. The van der Waals surface area contributed by atoms with Gasteiger partial charge in [-0.2, -0.15) is 0 Å². The van der Waals surface area contributed by atoms with Crippen LogP contribution in [0.5, 0.6) is 0 Å². The lowest BCUT2D eigenvalue weighted by Crippen LogP contribution is -2.37. The molecule has 0 spiro atoms. The van der Waals surface area contributed by atoms with Crippen LogP contribution in [0, 0.1) is 21.4 Å². The van der Waals surface area contributed by atoms with Crippen molar-refractivity contribution < 1.29 is 49.2 Å². The fourth-order valence-corrected chi connectivity index (χ4v) is 12.9. The monoisotopic (exact) mass is 1210 g/mol. The van der Waals surface area contributed by atoms with E-state index in [2.05, 4.69) is 0 Å². The van der Waals surface area contributed by atoms with Gasteiger partial charge in [-0.15, -0.1) is 0 Å². The molecule has 2 aromatic rings. The molecule has 2 aromatic carbocycles. The Hall–Kier alpha value is -0.360. The average molecular weight is 1210 g/mol. The van der Waals surface area contributed by atoms with E-state index in [1.807, 2.05) is 0 Å². The van der Waals surface area contributed by atoms with E-state index in [9.17, 15) is 49.2 Å². The first-order valence-corrected chi connectivity index (χ1v) is 16.2. The second-order valence-electron chi connectivity index (χ2n) is 7.38. The minimum atomic E-state index is -1.40. The summed E-state index contributed by atoms with van der Waals surface area (Å²) >= 11 is 10.0. The van der Waals surface area contributed by atoms with Crippen molar-refractivity contribution in [3.05, 3.63) is 43.7 Å². The lowest BCUT2D eigenvalue weighted by atomic mass is 10.1. The summed E-state index contributed by atoms with van der Waals surface area (Å²) in [5.74, 6) is -7.22. The molecule has 2 rings (SSSR count). The van der Waals surface area contributed by atoms with Gasteiger partial charge in [0.2, 0.25) is 11.8 Å². The molecular weight excluding hydrogens is 1200 g/mol. The van der Waals surface area contributed by atoms with E-state index in [1.54, 1.807) is 136 Å². The average Bonchev–Trinajstić information content (AvgIpc) is 2.77. The minimum absolute atomic E-state index is 0.00776. The first kappa shape index (κ1) is 34.8. The van der Waals surface area contributed by atoms with E-state index >= 15 is 0 Å². The van der Waals surface area contributed by atoms with Gasteiger partial charge in [0.15, 0.2) is 0 Å². The number of nitrogens with zero attached hydrogens (tertiary/aromatic N) is 2. The van der Waals surface area contributed by atoms with Crippen molar-refractivity contribution in [1.82, 2.24) is 0 Å². The van der Waals surface area contributed by atoms with Crippen LogP contribution in [-0.2, 0) is 9.59 Å². The number of carboxylic acid groups (broad SMARTS) is 4. The molecule has 0 aliphatic heterocycles. The molecule has 0 fully saturated rings. The van der Waals surface area contributed by atoms with Crippen molar-refractivity contribution in [1.29, 1.82) is 0 Å². The predicted molar refractivity (Wildman–Crippen MR) is 188 cm³/mol. The molecule has 0 unspecified atom stereocenters. The Balaban J connectivity index is 2.60. The van der Waals surface area contributed by atoms with Gasteiger partial charge in [-0.1, -0.05) is 0 Å². The van der Waals surface area contributed by atoms with Gasteiger partial charge in [-0.3, -0.25) is 9.59 Å². The lowest BCUT2D eigenvalue weighted by molar-refractivity contribution is -0.126. The molecule has 39 heavy (non-hydrogen) atoms. The number of hydrogen-bond donors (Lipinski definition) is 4. The molecule has 2 amide bonds. The van der Waals surface area contributed by atoms with Crippen LogP contribution in [0.3, 0.4) is 0 Å². The smallest absolute Gasteiger partial charge is 0.337 e. The highest BCUT2D eigenvalue weighted by atomic mass is 127. The van der Waals surface area contributed by atoms with Crippen LogP contribution >= 0.6 is 136 Å². The first-order chi connectivity index (χ1) is 17.9. The van der Waals surface area contributed by atoms with E-state index in [0.29, 0.717) is 0 Å². The maximum atomic E-state index is 13.2. The fraction of sp³-hybridized carbons (Fsp3) is 0.143. The highest BCUT2D eigenvalue weighted by Gasteiger charge is 2.33. The van der Waals surface area contributed by atoms with Crippen molar-refractivity contribution >= 4 is 183 Å². The summed E-state index contributed by atoms with van der Waals surface area (Å²) in [6, 6.07) is 0. The van der Waals surface area contributed by atoms with Crippen LogP contribution in [0.4, 0.5) is 11.4 Å². The van der Waals surface area contributed by atoms with Gasteiger partial charge in [0.1, 0.15) is 6.42 Å². The maximum Gasteiger partial charge on any atom is 0.337 e. The van der Waals surface area contributed by atoms with Gasteiger partial charge in [-0.05, 0) is 136 Å². The van der Waals surface area contributed by atoms with Gasteiger partial charge in [0.25, 0.3) is 0 Å². The van der Waals surface area contributed by atoms with Gasteiger partial charge < -0.3 is 30.2 Å². The van der Waals surface area contributed by atoms with Gasteiger partial charge in [-0.25, -0.2) is 19.2 Å². The van der Waals surface area contributed by atoms with Crippen LogP contribution in [0.2, 0.25) is 0 Å². The number of anilines is 2. The van der Waals surface area contributed by atoms with Crippen molar-refractivity contribution in [3.8, 4) is 0 Å². The highest BCUT2D eigenvalue weighted by Crippen LogP contribution is 2.39. The molecule has 0 heterocycles. The zero-order valence-corrected chi connectivity index (χ0v) is 32.1. The fourth-order valence-electron chi connectivity index (χ4n) is 3.26. The van der Waals surface area contributed by atoms with E-state index < -0.39 is 42.1 Å². The zero-order chi connectivity index (χ0) is 30.3. The number of halogens is 6. The van der Waals surface area contributed by atoms with Crippen LogP contribution < -0.4 is 9.80 Å². The second-order valence-corrected chi connectivity index (χ2v) is 13.9. The Morgan fingerprint density at radius 1 is 0.487 bits per heavy atom. The third-order valence-corrected chi connectivity index (χ3v) is 11.5. The molecule has 0 atom stereocenters. The normalized spacial score (nSPS) is 10.7. The Bertz CT molecular complexity index is 1300. The van der Waals surface area contributed by atoms with E-state index in [4.69, 9.17) is 0 Å². The van der Waals surface area contributed by atoms with E-state index in [0.717, 1.165) is 9.80 Å². The summed E-state index contributed by atoms with van der Waals surface area (Å²) in [5, 5.41) is 38.7. The second kappa shape index (κ2) is 13.7. The predicted octanol–water partition coefficient (Wildman–Crippen LogP) is 5.12. The summed E-state index contributed by atoms with van der Waals surface area (Å²) in [5.41, 5.74) is -1.25.